The molecule has 0 unspecified atom stereocenters. The standard InChI is InChI=1S/C15H21BrN4O/c1-15(2,3)18-8-14-17-10-20(19-14)9-11-7-12(16)5-6-13(11)21-4/h5-7,10,18H,8-9H2,1-4H3. The fourth-order valence-corrected chi connectivity index (χ4v) is 2.29. The summed E-state index contributed by atoms with van der Waals surface area (Å²) >= 11 is 3.48. The lowest BCUT2D eigenvalue weighted by atomic mass is 10.1. The Hall–Kier alpha value is -1.40. The molecule has 0 aliphatic rings. The van der Waals surface area contributed by atoms with Gasteiger partial charge in [0, 0.05) is 15.6 Å². The molecule has 2 rings (SSSR count). The summed E-state index contributed by atoms with van der Waals surface area (Å²) in [6.45, 7) is 7.65. The number of rotatable bonds is 5. The molecule has 114 valence electrons. The fourth-order valence-electron chi connectivity index (χ4n) is 1.88. The Morgan fingerprint density at radius 2 is 2.10 bits per heavy atom. The summed E-state index contributed by atoms with van der Waals surface area (Å²) in [5.74, 6) is 1.64. The first-order chi connectivity index (χ1) is 9.87. The van der Waals surface area contributed by atoms with Crippen LogP contribution >= 0.6 is 15.9 Å². The van der Waals surface area contributed by atoms with Crippen molar-refractivity contribution in [2.75, 3.05) is 7.11 Å². The van der Waals surface area contributed by atoms with Gasteiger partial charge in [0.1, 0.15) is 12.1 Å². The van der Waals surface area contributed by atoms with Crippen molar-refractivity contribution < 1.29 is 4.74 Å². The maximum atomic E-state index is 5.38. The predicted molar refractivity (Wildman–Crippen MR) is 86.4 cm³/mol. The van der Waals surface area contributed by atoms with E-state index in [1.807, 2.05) is 22.9 Å². The minimum absolute atomic E-state index is 0.0545. The Balaban J connectivity index is 2.07. The van der Waals surface area contributed by atoms with Crippen LogP contribution in [0.4, 0.5) is 0 Å². The highest BCUT2D eigenvalue weighted by Gasteiger charge is 2.11. The Morgan fingerprint density at radius 1 is 1.33 bits per heavy atom. The summed E-state index contributed by atoms with van der Waals surface area (Å²) in [7, 11) is 1.67. The van der Waals surface area contributed by atoms with E-state index in [1.165, 1.54) is 0 Å². The number of nitrogens with one attached hydrogen (secondary N) is 1. The highest BCUT2D eigenvalue weighted by molar-refractivity contribution is 9.10. The molecule has 21 heavy (non-hydrogen) atoms. The van der Waals surface area contributed by atoms with Crippen LogP contribution in [0, 0.1) is 0 Å². The van der Waals surface area contributed by atoms with Crippen molar-refractivity contribution in [2.45, 2.75) is 39.4 Å². The van der Waals surface area contributed by atoms with Crippen molar-refractivity contribution in [1.82, 2.24) is 20.1 Å². The zero-order valence-corrected chi connectivity index (χ0v) is 14.4. The molecular weight excluding hydrogens is 332 g/mol. The van der Waals surface area contributed by atoms with Gasteiger partial charge in [-0.15, -0.1) is 0 Å². The molecule has 1 aromatic heterocycles. The van der Waals surface area contributed by atoms with Crippen LogP contribution in [0.3, 0.4) is 0 Å². The molecule has 0 aliphatic carbocycles. The van der Waals surface area contributed by atoms with Crippen LogP contribution in [-0.2, 0) is 13.1 Å². The van der Waals surface area contributed by atoms with E-state index in [2.05, 4.69) is 52.1 Å². The minimum atomic E-state index is 0.0545. The summed E-state index contributed by atoms with van der Waals surface area (Å²) in [5.41, 5.74) is 1.12. The van der Waals surface area contributed by atoms with Crippen LogP contribution < -0.4 is 10.1 Å². The maximum Gasteiger partial charge on any atom is 0.164 e. The second-order valence-electron chi connectivity index (χ2n) is 5.92. The third-order valence-electron chi connectivity index (χ3n) is 2.94. The van der Waals surface area contributed by atoms with Gasteiger partial charge in [0.2, 0.25) is 0 Å². The molecule has 0 radical (unpaired) electrons. The molecule has 2 aromatic rings. The highest BCUT2D eigenvalue weighted by atomic mass is 79.9. The summed E-state index contributed by atoms with van der Waals surface area (Å²) in [6, 6.07) is 5.94. The average Bonchev–Trinajstić information content (AvgIpc) is 2.84. The number of hydrogen-bond acceptors (Lipinski definition) is 4. The van der Waals surface area contributed by atoms with E-state index < -0.39 is 0 Å². The molecule has 1 N–H and O–H groups in total. The van der Waals surface area contributed by atoms with Gasteiger partial charge in [-0.1, -0.05) is 15.9 Å². The van der Waals surface area contributed by atoms with Crippen LogP contribution in [0.15, 0.2) is 29.0 Å². The van der Waals surface area contributed by atoms with Crippen molar-refractivity contribution in [3.63, 3.8) is 0 Å². The third kappa shape index (κ3) is 4.82. The zero-order valence-electron chi connectivity index (χ0n) is 12.9. The summed E-state index contributed by atoms with van der Waals surface area (Å²) in [6.07, 6.45) is 1.75. The van der Waals surface area contributed by atoms with E-state index >= 15 is 0 Å². The van der Waals surface area contributed by atoms with Crippen molar-refractivity contribution in [3.05, 3.63) is 40.4 Å². The molecule has 1 heterocycles. The fraction of sp³-hybridized carbons (Fsp3) is 0.467. The number of nitrogens with zero attached hydrogens (tertiary/aromatic N) is 3. The normalized spacial score (nSPS) is 11.7. The monoisotopic (exact) mass is 352 g/mol. The summed E-state index contributed by atoms with van der Waals surface area (Å²) in [5, 5.41) is 7.86. The van der Waals surface area contributed by atoms with Gasteiger partial charge in [0.25, 0.3) is 0 Å². The van der Waals surface area contributed by atoms with Gasteiger partial charge in [0.15, 0.2) is 5.82 Å². The number of halogens is 1. The lowest BCUT2D eigenvalue weighted by molar-refractivity contribution is 0.406. The Morgan fingerprint density at radius 3 is 2.76 bits per heavy atom. The number of aromatic nitrogens is 3. The Bertz CT molecular complexity index is 604. The van der Waals surface area contributed by atoms with Crippen molar-refractivity contribution in [2.24, 2.45) is 0 Å². The molecule has 0 saturated heterocycles. The molecule has 0 saturated carbocycles. The summed E-state index contributed by atoms with van der Waals surface area (Å²) in [4.78, 5) is 4.33. The van der Waals surface area contributed by atoms with Crippen molar-refractivity contribution >= 4 is 15.9 Å². The van der Waals surface area contributed by atoms with Crippen LogP contribution in [0.1, 0.15) is 32.2 Å². The zero-order chi connectivity index (χ0) is 15.5. The number of ether oxygens (including phenoxy) is 1. The molecule has 0 fully saturated rings. The van der Waals surface area contributed by atoms with Crippen LogP contribution in [0.5, 0.6) is 5.75 Å². The van der Waals surface area contributed by atoms with Gasteiger partial charge in [-0.25, -0.2) is 9.67 Å². The topological polar surface area (TPSA) is 52.0 Å². The van der Waals surface area contributed by atoms with E-state index in [0.29, 0.717) is 13.1 Å². The molecule has 0 bridgehead atoms. The first-order valence-corrected chi connectivity index (χ1v) is 7.62. The quantitative estimate of drug-likeness (QED) is 0.898. The van der Waals surface area contributed by atoms with E-state index in [-0.39, 0.29) is 5.54 Å². The lowest BCUT2D eigenvalue weighted by Gasteiger charge is -2.19. The average molecular weight is 353 g/mol. The number of methoxy groups -OCH3 is 1. The van der Waals surface area contributed by atoms with E-state index in [9.17, 15) is 0 Å². The predicted octanol–water partition coefficient (Wildman–Crippen LogP) is 2.99. The smallest absolute Gasteiger partial charge is 0.164 e. The lowest BCUT2D eigenvalue weighted by Crippen LogP contribution is -2.35. The third-order valence-corrected chi connectivity index (χ3v) is 3.43. The Labute approximate surface area is 133 Å². The maximum absolute atomic E-state index is 5.38. The molecule has 5 nitrogen and oxygen atoms in total. The Kier molecular flexibility index (Phi) is 5.00. The van der Waals surface area contributed by atoms with E-state index in [1.54, 1.807) is 13.4 Å². The molecule has 6 heteroatoms. The van der Waals surface area contributed by atoms with Gasteiger partial charge in [-0.3, -0.25) is 0 Å². The molecule has 0 aliphatic heterocycles. The van der Waals surface area contributed by atoms with Gasteiger partial charge in [-0.05, 0) is 39.0 Å². The summed E-state index contributed by atoms with van der Waals surface area (Å²) < 4.78 is 8.22. The van der Waals surface area contributed by atoms with Crippen molar-refractivity contribution in [3.8, 4) is 5.75 Å². The number of benzene rings is 1. The van der Waals surface area contributed by atoms with E-state index in [4.69, 9.17) is 4.74 Å². The van der Waals surface area contributed by atoms with Gasteiger partial charge in [-0.2, -0.15) is 5.10 Å². The SMILES string of the molecule is COc1ccc(Br)cc1Cn1cnc(CNC(C)(C)C)n1. The molecular formula is C15H21BrN4O. The van der Waals surface area contributed by atoms with Gasteiger partial charge in [0.05, 0.1) is 20.2 Å². The second-order valence-corrected chi connectivity index (χ2v) is 6.83. The molecule has 0 amide bonds. The van der Waals surface area contributed by atoms with E-state index in [0.717, 1.165) is 21.6 Å². The first-order valence-electron chi connectivity index (χ1n) is 6.83. The molecule has 0 atom stereocenters. The first kappa shape index (κ1) is 16.0. The highest BCUT2D eigenvalue weighted by Crippen LogP contribution is 2.23. The minimum Gasteiger partial charge on any atom is -0.496 e. The molecule has 1 aromatic carbocycles. The van der Waals surface area contributed by atoms with Gasteiger partial charge < -0.3 is 10.1 Å². The number of hydrogen-bond donors (Lipinski definition) is 1. The van der Waals surface area contributed by atoms with Crippen LogP contribution in [0.25, 0.3) is 0 Å². The van der Waals surface area contributed by atoms with Gasteiger partial charge >= 0.3 is 0 Å². The molecule has 0 spiro atoms. The van der Waals surface area contributed by atoms with Crippen molar-refractivity contribution in [1.29, 1.82) is 0 Å². The van der Waals surface area contributed by atoms with Crippen LogP contribution in [-0.4, -0.2) is 27.4 Å². The second kappa shape index (κ2) is 6.58. The largest absolute Gasteiger partial charge is 0.496 e. The van der Waals surface area contributed by atoms with Crippen LogP contribution in [0.2, 0.25) is 0 Å².